The zero-order valence-electron chi connectivity index (χ0n) is 6.63. The van der Waals surface area contributed by atoms with Crippen LogP contribution in [0.25, 0.3) is 6.08 Å². The Balaban J connectivity index is 2.44. The molecule has 1 aromatic rings. The highest BCUT2D eigenvalue weighted by Gasteiger charge is 2.21. The van der Waals surface area contributed by atoms with E-state index in [2.05, 4.69) is 37.4 Å². The van der Waals surface area contributed by atoms with Crippen LogP contribution in [0.1, 0.15) is 19.4 Å². The normalized spacial score (nSPS) is 19.1. The maximum Gasteiger partial charge on any atom is 0.182 e. The second-order valence-electron chi connectivity index (χ2n) is 3.20. The molecule has 1 aliphatic rings. The van der Waals surface area contributed by atoms with Crippen LogP contribution < -0.4 is 4.74 Å². The van der Waals surface area contributed by atoms with E-state index >= 15 is 0 Å². The first-order chi connectivity index (χ1) is 5.17. The molecule has 1 nitrogen and oxygen atoms in total. The van der Waals surface area contributed by atoms with Crippen molar-refractivity contribution in [1.82, 2.24) is 0 Å². The quantitative estimate of drug-likeness (QED) is 0.575. The van der Waals surface area contributed by atoms with Crippen LogP contribution in [0, 0.1) is 0 Å². The number of hydrogen-bond acceptors (Lipinski definition) is 2. The van der Waals surface area contributed by atoms with Crippen LogP contribution in [0.3, 0.4) is 0 Å². The van der Waals surface area contributed by atoms with Gasteiger partial charge in [-0.1, -0.05) is 6.08 Å². The largest absolute Gasteiger partial charge is 0.474 e. The Morgan fingerprint density at radius 1 is 1.45 bits per heavy atom. The van der Waals surface area contributed by atoms with Crippen LogP contribution in [0.5, 0.6) is 5.06 Å². The van der Waals surface area contributed by atoms with Gasteiger partial charge in [-0.05, 0) is 31.4 Å². The molecule has 0 amide bonds. The highest BCUT2D eigenvalue weighted by atomic mass is 32.1. The lowest BCUT2D eigenvalue weighted by atomic mass is 10.1. The van der Waals surface area contributed by atoms with Crippen molar-refractivity contribution in [2.24, 2.45) is 0 Å². The monoisotopic (exact) mass is 166 g/mol. The highest BCUT2D eigenvalue weighted by molar-refractivity contribution is 7.12. The predicted octanol–water partition coefficient (Wildman–Crippen LogP) is 2.93. The summed E-state index contributed by atoms with van der Waals surface area (Å²) in [5, 5.41) is 3.09. The summed E-state index contributed by atoms with van der Waals surface area (Å²) >= 11 is 1.65. The lowest BCUT2D eigenvalue weighted by Gasteiger charge is -2.25. The number of fused-ring (bicyclic) bond motifs is 1. The molecule has 0 saturated carbocycles. The van der Waals surface area contributed by atoms with Crippen LogP contribution in [0.4, 0.5) is 0 Å². The van der Waals surface area contributed by atoms with E-state index in [1.807, 2.05) is 0 Å². The average molecular weight is 166 g/mol. The summed E-state index contributed by atoms with van der Waals surface area (Å²) < 4.78 is 5.69. The lowest BCUT2D eigenvalue weighted by molar-refractivity contribution is 0.165. The fourth-order valence-electron chi connectivity index (χ4n) is 1.08. The smallest absolute Gasteiger partial charge is 0.182 e. The van der Waals surface area contributed by atoms with Crippen LogP contribution in [-0.4, -0.2) is 5.60 Å². The van der Waals surface area contributed by atoms with Gasteiger partial charge >= 0.3 is 0 Å². The minimum Gasteiger partial charge on any atom is -0.474 e. The fraction of sp³-hybridized carbons (Fsp3) is 0.333. The van der Waals surface area contributed by atoms with Crippen LogP contribution in [-0.2, 0) is 0 Å². The SMILES string of the molecule is CC1(C)C=Cc2ccsc2O1. The van der Waals surface area contributed by atoms with Crippen molar-refractivity contribution in [2.75, 3.05) is 0 Å². The molecule has 1 aliphatic heterocycles. The van der Waals surface area contributed by atoms with Gasteiger partial charge in [0.25, 0.3) is 0 Å². The van der Waals surface area contributed by atoms with Gasteiger partial charge < -0.3 is 4.74 Å². The molecule has 11 heavy (non-hydrogen) atoms. The third-order valence-corrected chi connectivity index (χ3v) is 2.48. The lowest BCUT2D eigenvalue weighted by Crippen LogP contribution is -2.26. The minimum absolute atomic E-state index is 0.127. The molecule has 0 saturated heterocycles. The topological polar surface area (TPSA) is 9.23 Å². The number of thiophene rings is 1. The van der Waals surface area contributed by atoms with Gasteiger partial charge in [-0.15, -0.1) is 11.3 Å². The van der Waals surface area contributed by atoms with Crippen molar-refractivity contribution >= 4 is 17.4 Å². The van der Waals surface area contributed by atoms with E-state index in [-0.39, 0.29) is 5.60 Å². The van der Waals surface area contributed by atoms with Gasteiger partial charge in [-0.3, -0.25) is 0 Å². The van der Waals surface area contributed by atoms with Crippen molar-refractivity contribution in [1.29, 1.82) is 0 Å². The number of ether oxygens (including phenoxy) is 1. The molecule has 58 valence electrons. The van der Waals surface area contributed by atoms with Gasteiger partial charge in [0.2, 0.25) is 0 Å². The summed E-state index contributed by atoms with van der Waals surface area (Å²) in [6.45, 7) is 4.12. The van der Waals surface area contributed by atoms with E-state index < -0.39 is 0 Å². The molecule has 1 aromatic heterocycles. The van der Waals surface area contributed by atoms with Crippen LogP contribution >= 0.6 is 11.3 Å². The van der Waals surface area contributed by atoms with Gasteiger partial charge in [0, 0.05) is 5.56 Å². The van der Waals surface area contributed by atoms with Gasteiger partial charge in [0.05, 0.1) is 0 Å². The van der Waals surface area contributed by atoms with Crippen molar-refractivity contribution in [3.05, 3.63) is 23.1 Å². The zero-order chi connectivity index (χ0) is 7.90. The van der Waals surface area contributed by atoms with Crippen molar-refractivity contribution in [3.8, 4) is 5.06 Å². The molecule has 0 spiro atoms. The Bertz CT molecular complexity index is 296. The third kappa shape index (κ3) is 1.18. The number of rotatable bonds is 0. The van der Waals surface area contributed by atoms with E-state index in [9.17, 15) is 0 Å². The second kappa shape index (κ2) is 2.11. The summed E-state index contributed by atoms with van der Waals surface area (Å²) in [6.07, 6.45) is 4.21. The van der Waals surface area contributed by atoms with Crippen molar-refractivity contribution in [2.45, 2.75) is 19.4 Å². The average Bonchev–Trinajstić information content (AvgIpc) is 2.31. The molecule has 2 heterocycles. The third-order valence-electron chi connectivity index (χ3n) is 1.68. The Hall–Kier alpha value is -0.760. The summed E-state index contributed by atoms with van der Waals surface area (Å²) in [5.41, 5.74) is 1.08. The second-order valence-corrected chi connectivity index (χ2v) is 4.08. The van der Waals surface area contributed by atoms with Crippen molar-refractivity contribution in [3.63, 3.8) is 0 Å². The molecule has 0 radical (unpaired) electrons. The first-order valence-electron chi connectivity index (χ1n) is 3.63. The number of hydrogen-bond donors (Lipinski definition) is 0. The van der Waals surface area contributed by atoms with E-state index in [1.54, 1.807) is 11.3 Å². The van der Waals surface area contributed by atoms with Crippen LogP contribution in [0.2, 0.25) is 0 Å². The molecule has 0 N–H and O–H groups in total. The van der Waals surface area contributed by atoms with Crippen molar-refractivity contribution < 1.29 is 4.74 Å². The maximum absolute atomic E-state index is 5.69. The van der Waals surface area contributed by atoms with Gasteiger partial charge in [0.15, 0.2) is 5.06 Å². The van der Waals surface area contributed by atoms with E-state index in [1.165, 1.54) is 5.56 Å². The Morgan fingerprint density at radius 2 is 2.27 bits per heavy atom. The zero-order valence-corrected chi connectivity index (χ0v) is 7.44. The van der Waals surface area contributed by atoms with E-state index in [4.69, 9.17) is 4.74 Å². The molecular formula is C9H10OS. The fourth-order valence-corrected chi connectivity index (χ4v) is 1.95. The molecule has 0 unspecified atom stereocenters. The molecule has 0 fully saturated rings. The first kappa shape index (κ1) is 6.92. The van der Waals surface area contributed by atoms with Gasteiger partial charge in [0.1, 0.15) is 5.60 Å². The molecule has 0 bridgehead atoms. The molecule has 2 rings (SSSR count). The molecule has 2 heteroatoms. The van der Waals surface area contributed by atoms with E-state index in [0.717, 1.165) is 5.06 Å². The minimum atomic E-state index is -0.127. The summed E-state index contributed by atoms with van der Waals surface area (Å²) in [7, 11) is 0. The Kier molecular flexibility index (Phi) is 1.33. The predicted molar refractivity (Wildman–Crippen MR) is 48.1 cm³/mol. The molecular weight excluding hydrogens is 156 g/mol. The Morgan fingerprint density at radius 3 is 3.09 bits per heavy atom. The molecule has 0 aromatic carbocycles. The maximum atomic E-state index is 5.69. The standard InChI is InChI=1S/C9H10OS/c1-9(2)5-3-7-4-6-11-8(7)10-9/h3-6H,1-2H3. The summed E-state index contributed by atoms with van der Waals surface area (Å²) in [6, 6.07) is 2.08. The molecule has 0 atom stereocenters. The molecule has 0 aliphatic carbocycles. The first-order valence-corrected chi connectivity index (χ1v) is 4.51. The van der Waals surface area contributed by atoms with E-state index in [0.29, 0.717) is 0 Å². The van der Waals surface area contributed by atoms with Crippen LogP contribution in [0.15, 0.2) is 17.5 Å². The summed E-state index contributed by atoms with van der Waals surface area (Å²) in [5.74, 6) is 0. The Labute approximate surface area is 70.3 Å². The summed E-state index contributed by atoms with van der Waals surface area (Å²) in [4.78, 5) is 0. The van der Waals surface area contributed by atoms with Gasteiger partial charge in [-0.25, -0.2) is 0 Å². The van der Waals surface area contributed by atoms with Gasteiger partial charge in [-0.2, -0.15) is 0 Å². The highest BCUT2D eigenvalue weighted by Crippen LogP contribution is 2.35.